The minimum Gasteiger partial charge on any atom is -0.469 e. The Morgan fingerprint density at radius 2 is 2.03 bits per heavy atom. The molecule has 11 heteroatoms. The van der Waals surface area contributed by atoms with Crippen molar-refractivity contribution in [3.05, 3.63) is 65.2 Å². The van der Waals surface area contributed by atoms with E-state index in [1.165, 1.54) is 13.4 Å². The van der Waals surface area contributed by atoms with Gasteiger partial charge in [0.25, 0.3) is 0 Å². The van der Waals surface area contributed by atoms with Gasteiger partial charge in [-0.3, -0.25) is 10.1 Å². The van der Waals surface area contributed by atoms with E-state index in [2.05, 4.69) is 25.7 Å². The molecular formula is C22H20ClN7O3. The number of nitrogens with zero attached hydrogens (tertiary/aromatic N) is 4. The summed E-state index contributed by atoms with van der Waals surface area (Å²) in [5.74, 6) is 0.257. The first-order chi connectivity index (χ1) is 15.9. The number of nitrogens with one attached hydrogen (secondary N) is 2. The summed E-state index contributed by atoms with van der Waals surface area (Å²) in [6, 6.07) is 9.91. The SMILES string of the molecule is COC(=O)Cc1cn2ncnc(N)c2c1-c1ccc(NC(=O)Nc2cccc(C)n2)c(Cl)c1. The summed E-state index contributed by atoms with van der Waals surface area (Å²) in [6.07, 6.45) is 3.04. The maximum Gasteiger partial charge on any atom is 0.324 e. The molecule has 0 fully saturated rings. The molecular weight excluding hydrogens is 446 g/mol. The summed E-state index contributed by atoms with van der Waals surface area (Å²) in [5.41, 5.74) is 9.79. The molecule has 4 N–H and O–H groups in total. The van der Waals surface area contributed by atoms with E-state index in [4.69, 9.17) is 22.1 Å². The number of hydrogen-bond donors (Lipinski definition) is 3. The Bertz CT molecular complexity index is 1370. The third kappa shape index (κ3) is 4.70. The molecule has 33 heavy (non-hydrogen) atoms. The smallest absolute Gasteiger partial charge is 0.324 e. The second-order valence-corrected chi connectivity index (χ2v) is 7.57. The van der Waals surface area contributed by atoms with E-state index < -0.39 is 12.0 Å². The highest BCUT2D eigenvalue weighted by Gasteiger charge is 2.20. The maximum absolute atomic E-state index is 12.4. The van der Waals surface area contributed by atoms with Gasteiger partial charge in [0.1, 0.15) is 17.7 Å². The Morgan fingerprint density at radius 1 is 1.21 bits per heavy atom. The molecule has 0 spiro atoms. The highest BCUT2D eigenvalue weighted by Crippen LogP contribution is 2.36. The van der Waals surface area contributed by atoms with E-state index in [1.807, 2.05) is 13.0 Å². The van der Waals surface area contributed by atoms with E-state index in [0.29, 0.717) is 38.7 Å². The monoisotopic (exact) mass is 465 g/mol. The lowest BCUT2D eigenvalue weighted by molar-refractivity contribution is -0.139. The van der Waals surface area contributed by atoms with Gasteiger partial charge in [0.2, 0.25) is 0 Å². The molecule has 0 saturated carbocycles. The van der Waals surface area contributed by atoms with Gasteiger partial charge in [0.05, 0.1) is 24.2 Å². The molecule has 10 nitrogen and oxygen atoms in total. The van der Waals surface area contributed by atoms with Crippen LogP contribution in [0.25, 0.3) is 16.6 Å². The van der Waals surface area contributed by atoms with Crippen molar-refractivity contribution >= 4 is 46.4 Å². The van der Waals surface area contributed by atoms with Crippen LogP contribution in [-0.2, 0) is 16.0 Å². The number of ether oxygens (including phenoxy) is 1. The lowest BCUT2D eigenvalue weighted by Gasteiger charge is -2.11. The molecule has 0 aliphatic rings. The first-order valence-electron chi connectivity index (χ1n) is 9.85. The molecule has 0 unspecified atom stereocenters. The van der Waals surface area contributed by atoms with Crippen LogP contribution in [0.3, 0.4) is 0 Å². The number of pyridine rings is 1. The van der Waals surface area contributed by atoms with E-state index in [1.54, 1.807) is 41.0 Å². The van der Waals surface area contributed by atoms with Crippen LogP contribution in [-0.4, -0.2) is 38.7 Å². The zero-order valence-corrected chi connectivity index (χ0v) is 18.6. The number of methoxy groups -OCH3 is 1. The number of carbonyl (C=O) groups excluding carboxylic acids is 2. The third-order valence-corrected chi connectivity index (χ3v) is 5.19. The Kier molecular flexibility index (Phi) is 6.09. The average molecular weight is 466 g/mol. The number of amides is 2. The second-order valence-electron chi connectivity index (χ2n) is 7.16. The standard InChI is InChI=1S/C22H20ClN7O3/c1-12-4-3-5-17(27-12)29-22(32)28-16-7-6-13(8-15(16)23)19-14(9-18(31)33-2)10-30-20(19)21(24)25-11-26-30/h3-8,10-11H,9H2,1-2H3,(H2,24,25,26)(H2,27,28,29,32). The van der Waals surface area contributed by atoms with Crippen LogP contribution < -0.4 is 16.4 Å². The molecule has 4 rings (SSSR count). The number of hydrogen-bond acceptors (Lipinski definition) is 7. The van der Waals surface area contributed by atoms with Crippen molar-refractivity contribution in [3.63, 3.8) is 0 Å². The van der Waals surface area contributed by atoms with Gasteiger partial charge < -0.3 is 15.8 Å². The number of urea groups is 1. The molecule has 1 aromatic carbocycles. The summed E-state index contributed by atoms with van der Waals surface area (Å²) in [4.78, 5) is 32.6. The summed E-state index contributed by atoms with van der Waals surface area (Å²) >= 11 is 6.48. The van der Waals surface area contributed by atoms with Gasteiger partial charge in [-0.05, 0) is 42.3 Å². The molecule has 3 heterocycles. The molecule has 0 saturated heterocycles. The molecule has 0 atom stereocenters. The van der Waals surface area contributed by atoms with Crippen LogP contribution in [0, 0.1) is 6.92 Å². The first-order valence-corrected chi connectivity index (χ1v) is 10.2. The lowest BCUT2D eigenvalue weighted by atomic mass is 10.0. The summed E-state index contributed by atoms with van der Waals surface area (Å²) in [5, 5.41) is 9.83. The molecule has 0 aliphatic carbocycles. The number of halogens is 1. The van der Waals surface area contributed by atoms with Crippen LogP contribution in [0.2, 0.25) is 5.02 Å². The number of carbonyl (C=O) groups is 2. The summed E-state index contributed by atoms with van der Waals surface area (Å²) in [6.45, 7) is 1.83. The minimum absolute atomic E-state index is 0.0121. The van der Waals surface area contributed by atoms with Gasteiger partial charge in [-0.2, -0.15) is 5.10 Å². The van der Waals surface area contributed by atoms with Crippen LogP contribution in [0.5, 0.6) is 0 Å². The fraction of sp³-hybridized carbons (Fsp3) is 0.136. The van der Waals surface area contributed by atoms with Gasteiger partial charge in [-0.1, -0.05) is 23.7 Å². The van der Waals surface area contributed by atoms with Gasteiger partial charge in [-0.15, -0.1) is 0 Å². The quantitative estimate of drug-likeness (QED) is 0.382. The van der Waals surface area contributed by atoms with Crippen molar-refractivity contribution in [1.82, 2.24) is 19.6 Å². The Balaban J connectivity index is 1.66. The number of nitrogen functional groups attached to an aromatic ring is 1. The van der Waals surface area contributed by atoms with Gasteiger partial charge >= 0.3 is 12.0 Å². The largest absolute Gasteiger partial charge is 0.469 e. The van der Waals surface area contributed by atoms with Crippen molar-refractivity contribution in [2.75, 3.05) is 23.5 Å². The van der Waals surface area contributed by atoms with Crippen molar-refractivity contribution in [3.8, 4) is 11.1 Å². The van der Waals surface area contributed by atoms with Crippen molar-refractivity contribution < 1.29 is 14.3 Å². The van der Waals surface area contributed by atoms with E-state index in [0.717, 1.165) is 5.69 Å². The number of nitrogens with two attached hydrogens (primary N) is 1. The van der Waals surface area contributed by atoms with E-state index in [-0.39, 0.29) is 12.2 Å². The zero-order valence-electron chi connectivity index (χ0n) is 17.8. The highest BCUT2D eigenvalue weighted by atomic mass is 35.5. The van der Waals surface area contributed by atoms with Crippen molar-refractivity contribution in [2.45, 2.75) is 13.3 Å². The topological polar surface area (TPSA) is 137 Å². The van der Waals surface area contributed by atoms with Crippen LogP contribution in [0.4, 0.5) is 22.1 Å². The van der Waals surface area contributed by atoms with Gasteiger partial charge in [-0.25, -0.2) is 19.3 Å². The maximum atomic E-state index is 12.4. The average Bonchev–Trinajstić information content (AvgIpc) is 3.14. The molecule has 2 amide bonds. The number of rotatable bonds is 5. The Labute approximate surface area is 193 Å². The molecule has 0 radical (unpaired) electrons. The Morgan fingerprint density at radius 3 is 2.76 bits per heavy atom. The predicted octanol–water partition coefficient (Wildman–Crippen LogP) is 3.69. The minimum atomic E-state index is -0.485. The van der Waals surface area contributed by atoms with Crippen LogP contribution in [0.1, 0.15) is 11.3 Å². The van der Waals surface area contributed by atoms with Gasteiger partial charge in [0.15, 0.2) is 5.82 Å². The number of aromatic nitrogens is 4. The van der Waals surface area contributed by atoms with E-state index >= 15 is 0 Å². The lowest BCUT2D eigenvalue weighted by Crippen LogP contribution is -2.20. The van der Waals surface area contributed by atoms with Crippen LogP contribution >= 0.6 is 11.6 Å². The van der Waals surface area contributed by atoms with Crippen molar-refractivity contribution in [1.29, 1.82) is 0 Å². The number of aryl methyl sites for hydroxylation is 1. The molecule has 168 valence electrons. The third-order valence-electron chi connectivity index (χ3n) is 4.88. The molecule has 3 aromatic heterocycles. The second kappa shape index (κ2) is 9.13. The molecule has 0 bridgehead atoms. The molecule has 4 aromatic rings. The number of fused-ring (bicyclic) bond motifs is 1. The fourth-order valence-corrected chi connectivity index (χ4v) is 3.65. The summed E-state index contributed by atoms with van der Waals surface area (Å²) in [7, 11) is 1.32. The molecule has 0 aliphatic heterocycles. The van der Waals surface area contributed by atoms with Crippen LogP contribution in [0.15, 0.2) is 48.9 Å². The van der Waals surface area contributed by atoms with Gasteiger partial charge in [0, 0.05) is 17.5 Å². The summed E-state index contributed by atoms with van der Waals surface area (Å²) < 4.78 is 6.37. The first kappa shape index (κ1) is 22.0. The van der Waals surface area contributed by atoms with E-state index in [9.17, 15) is 9.59 Å². The normalized spacial score (nSPS) is 10.8. The zero-order chi connectivity index (χ0) is 23.5. The Hall–Kier alpha value is -4.18. The number of anilines is 3. The predicted molar refractivity (Wildman–Crippen MR) is 125 cm³/mol. The highest BCUT2D eigenvalue weighted by molar-refractivity contribution is 6.34. The fourth-order valence-electron chi connectivity index (χ4n) is 3.42. The number of benzene rings is 1. The number of esters is 1. The van der Waals surface area contributed by atoms with Crippen molar-refractivity contribution in [2.24, 2.45) is 0 Å².